The third-order valence-corrected chi connectivity index (χ3v) is 2.25. The quantitative estimate of drug-likeness (QED) is 0.558. The highest BCUT2D eigenvalue weighted by Gasteiger charge is 2.28. The minimum Gasteiger partial charge on any atom is -0.478 e. The molecule has 0 aromatic heterocycles. The van der Waals surface area contributed by atoms with Crippen molar-refractivity contribution in [3.63, 3.8) is 0 Å². The van der Waals surface area contributed by atoms with Gasteiger partial charge in [0.1, 0.15) is 5.76 Å². The molecule has 1 aliphatic rings. The van der Waals surface area contributed by atoms with Crippen molar-refractivity contribution in [3.8, 4) is 0 Å². The first-order chi connectivity index (χ1) is 7.11. The summed E-state index contributed by atoms with van der Waals surface area (Å²) in [4.78, 5) is 22.1. The van der Waals surface area contributed by atoms with Crippen molar-refractivity contribution >= 4 is 17.7 Å². The summed E-state index contributed by atoms with van der Waals surface area (Å²) in [5.74, 6) is -1.45. The van der Waals surface area contributed by atoms with Gasteiger partial charge in [0.05, 0.1) is 11.1 Å². The molecule has 0 spiro atoms. The fraction of sp³-hybridized carbons (Fsp3) is 0.0909. The van der Waals surface area contributed by atoms with Crippen molar-refractivity contribution in [3.05, 3.63) is 41.0 Å². The van der Waals surface area contributed by atoms with E-state index in [9.17, 15) is 9.59 Å². The van der Waals surface area contributed by atoms with Gasteiger partial charge in [-0.05, 0) is 13.0 Å². The minimum absolute atomic E-state index is 0.0355. The van der Waals surface area contributed by atoms with Crippen LogP contribution in [0, 0.1) is 0 Å². The summed E-state index contributed by atoms with van der Waals surface area (Å²) in [5.41, 5.74) is 0.990. The van der Waals surface area contributed by atoms with Crippen LogP contribution in [0.5, 0.6) is 0 Å². The molecule has 0 unspecified atom stereocenters. The number of esters is 1. The van der Waals surface area contributed by atoms with E-state index in [-0.39, 0.29) is 11.3 Å². The molecule has 1 N–H and O–H groups in total. The average Bonchev–Trinajstić information content (AvgIpc) is 2.56. The fourth-order valence-electron chi connectivity index (χ4n) is 1.44. The summed E-state index contributed by atoms with van der Waals surface area (Å²) >= 11 is 0. The molecule has 4 nitrogen and oxygen atoms in total. The number of carboxylic acids is 1. The van der Waals surface area contributed by atoms with E-state index >= 15 is 0 Å². The molecule has 1 aromatic rings. The predicted octanol–water partition coefficient (Wildman–Crippen LogP) is 1.67. The molecule has 0 saturated carbocycles. The molecule has 1 aromatic carbocycles. The molecule has 0 bridgehead atoms. The lowest BCUT2D eigenvalue weighted by Gasteiger charge is -2.00. The molecule has 1 aliphatic heterocycles. The largest absolute Gasteiger partial charge is 0.478 e. The van der Waals surface area contributed by atoms with Gasteiger partial charge in [0.25, 0.3) is 0 Å². The highest BCUT2D eigenvalue weighted by atomic mass is 16.5. The summed E-state index contributed by atoms with van der Waals surface area (Å²) < 4.78 is 4.91. The molecule has 1 heterocycles. The number of aliphatic carboxylic acids is 1. The molecule has 0 fully saturated rings. The Bertz CT molecular complexity index is 485. The van der Waals surface area contributed by atoms with Gasteiger partial charge in [-0.15, -0.1) is 0 Å². The first kappa shape index (κ1) is 9.45. The fourth-order valence-corrected chi connectivity index (χ4v) is 1.44. The number of carbonyl (C=O) groups excluding carboxylic acids is 1. The van der Waals surface area contributed by atoms with Crippen molar-refractivity contribution in [2.75, 3.05) is 0 Å². The highest BCUT2D eigenvalue weighted by molar-refractivity contribution is 6.07. The molecule has 15 heavy (non-hydrogen) atoms. The van der Waals surface area contributed by atoms with Crippen LogP contribution in [0.2, 0.25) is 0 Å². The van der Waals surface area contributed by atoms with E-state index in [1.807, 2.05) is 0 Å². The summed E-state index contributed by atoms with van der Waals surface area (Å²) in [5, 5.41) is 8.81. The van der Waals surface area contributed by atoms with E-state index < -0.39 is 11.9 Å². The lowest BCUT2D eigenvalue weighted by molar-refractivity contribution is -0.132. The molecule has 0 atom stereocenters. The third kappa shape index (κ3) is 1.40. The SMILES string of the molecule is CC(C(=O)O)=C1OC(=O)c2ccccc21. The molecular weight excluding hydrogens is 196 g/mol. The van der Waals surface area contributed by atoms with Crippen LogP contribution in [0.15, 0.2) is 29.8 Å². The second kappa shape index (κ2) is 3.24. The molecule has 0 radical (unpaired) electrons. The van der Waals surface area contributed by atoms with Crippen LogP contribution in [0.4, 0.5) is 0 Å². The Hall–Kier alpha value is -2.10. The van der Waals surface area contributed by atoms with Gasteiger partial charge in [-0.1, -0.05) is 18.2 Å². The van der Waals surface area contributed by atoms with Crippen LogP contribution in [-0.2, 0) is 9.53 Å². The molecule has 2 rings (SSSR count). The summed E-state index contributed by atoms with van der Waals surface area (Å²) in [6.07, 6.45) is 0. The first-order valence-corrected chi connectivity index (χ1v) is 4.37. The molecule has 0 amide bonds. The molecule has 0 saturated heterocycles. The van der Waals surface area contributed by atoms with Crippen molar-refractivity contribution < 1.29 is 19.4 Å². The van der Waals surface area contributed by atoms with Gasteiger partial charge in [-0.2, -0.15) is 0 Å². The van der Waals surface area contributed by atoms with Gasteiger partial charge in [-0.3, -0.25) is 0 Å². The van der Waals surface area contributed by atoms with E-state index in [0.717, 1.165) is 0 Å². The Labute approximate surface area is 85.8 Å². The number of carbonyl (C=O) groups is 2. The molecule has 0 aliphatic carbocycles. The summed E-state index contributed by atoms with van der Waals surface area (Å²) in [6.45, 7) is 1.41. The zero-order valence-corrected chi connectivity index (χ0v) is 7.98. The van der Waals surface area contributed by atoms with Gasteiger partial charge in [0.2, 0.25) is 0 Å². The highest BCUT2D eigenvalue weighted by Crippen LogP contribution is 2.31. The normalized spacial score (nSPS) is 17.0. The number of fused-ring (bicyclic) bond motifs is 1. The van der Waals surface area contributed by atoms with Crippen molar-refractivity contribution in [1.82, 2.24) is 0 Å². The maximum atomic E-state index is 11.4. The van der Waals surface area contributed by atoms with E-state index in [1.54, 1.807) is 24.3 Å². The van der Waals surface area contributed by atoms with Crippen LogP contribution in [0.25, 0.3) is 5.76 Å². The van der Waals surface area contributed by atoms with Crippen LogP contribution in [-0.4, -0.2) is 17.0 Å². The monoisotopic (exact) mass is 204 g/mol. The number of ether oxygens (including phenoxy) is 1. The number of rotatable bonds is 1. The summed E-state index contributed by atoms with van der Waals surface area (Å²) in [6, 6.07) is 6.72. The lowest BCUT2D eigenvalue weighted by Crippen LogP contribution is -2.00. The Morgan fingerprint density at radius 2 is 1.87 bits per heavy atom. The third-order valence-electron chi connectivity index (χ3n) is 2.25. The Kier molecular flexibility index (Phi) is 2.04. The van der Waals surface area contributed by atoms with Crippen LogP contribution >= 0.6 is 0 Å². The maximum Gasteiger partial charge on any atom is 0.344 e. The van der Waals surface area contributed by atoms with E-state index in [1.165, 1.54) is 6.92 Å². The molecule has 76 valence electrons. The summed E-state index contributed by atoms with van der Waals surface area (Å²) in [7, 11) is 0. The van der Waals surface area contributed by atoms with Crippen LogP contribution in [0.3, 0.4) is 0 Å². The van der Waals surface area contributed by atoms with Gasteiger partial charge in [0.15, 0.2) is 0 Å². The van der Waals surface area contributed by atoms with E-state index in [4.69, 9.17) is 9.84 Å². The molecule has 4 heteroatoms. The van der Waals surface area contributed by atoms with E-state index in [0.29, 0.717) is 11.1 Å². The van der Waals surface area contributed by atoms with Gasteiger partial charge in [0, 0.05) is 5.56 Å². The standard InChI is InChI=1S/C11H8O4/c1-6(10(12)13)9-7-4-2-3-5-8(7)11(14)15-9/h2-5H,1H3,(H,12,13). The van der Waals surface area contributed by atoms with Crippen molar-refractivity contribution in [2.24, 2.45) is 0 Å². The predicted molar refractivity (Wildman–Crippen MR) is 52.1 cm³/mol. The number of hydrogen-bond donors (Lipinski definition) is 1. The Morgan fingerprint density at radius 3 is 2.47 bits per heavy atom. The zero-order valence-electron chi connectivity index (χ0n) is 7.98. The van der Waals surface area contributed by atoms with Crippen molar-refractivity contribution in [2.45, 2.75) is 6.92 Å². The lowest BCUT2D eigenvalue weighted by atomic mass is 10.1. The average molecular weight is 204 g/mol. The number of benzene rings is 1. The number of carboxylic acid groups (broad SMARTS) is 1. The first-order valence-electron chi connectivity index (χ1n) is 4.37. The Morgan fingerprint density at radius 1 is 1.27 bits per heavy atom. The van der Waals surface area contributed by atoms with E-state index in [2.05, 4.69) is 0 Å². The second-order valence-corrected chi connectivity index (χ2v) is 3.19. The topological polar surface area (TPSA) is 63.6 Å². The van der Waals surface area contributed by atoms with Crippen LogP contribution < -0.4 is 0 Å². The second-order valence-electron chi connectivity index (χ2n) is 3.19. The van der Waals surface area contributed by atoms with Gasteiger partial charge < -0.3 is 9.84 Å². The smallest absolute Gasteiger partial charge is 0.344 e. The van der Waals surface area contributed by atoms with Crippen LogP contribution in [0.1, 0.15) is 22.8 Å². The van der Waals surface area contributed by atoms with Crippen molar-refractivity contribution in [1.29, 1.82) is 0 Å². The minimum atomic E-state index is -1.09. The van der Waals surface area contributed by atoms with Gasteiger partial charge >= 0.3 is 11.9 Å². The number of hydrogen-bond acceptors (Lipinski definition) is 3. The Balaban J connectivity index is 2.64. The maximum absolute atomic E-state index is 11.4. The number of cyclic esters (lactones) is 1. The van der Waals surface area contributed by atoms with Gasteiger partial charge in [-0.25, -0.2) is 9.59 Å². The zero-order chi connectivity index (χ0) is 11.0. The molecular formula is C11H8O4.